The van der Waals surface area contributed by atoms with Crippen molar-refractivity contribution in [1.29, 1.82) is 0 Å². The summed E-state index contributed by atoms with van der Waals surface area (Å²) in [5, 5.41) is 0. The van der Waals surface area contributed by atoms with Crippen molar-refractivity contribution >= 4 is 17.3 Å². The maximum absolute atomic E-state index is 11.5. The molecule has 0 atom stereocenters. The highest BCUT2D eigenvalue weighted by atomic mass is 32.1. The SMILES string of the molecule is CC=CC(=O)Oc1ccc(-c2ccc(-c3ccc(CCC)s3)cc2)cc1. The smallest absolute Gasteiger partial charge is 0.335 e. The highest BCUT2D eigenvalue weighted by Crippen LogP contribution is 2.31. The third-order valence-electron chi connectivity index (χ3n) is 4.04. The predicted octanol–water partition coefficient (Wildman–Crippen LogP) is 6.52. The zero-order chi connectivity index (χ0) is 18.4. The molecular weight excluding hydrogens is 340 g/mol. The molecule has 132 valence electrons. The van der Waals surface area contributed by atoms with Crippen molar-refractivity contribution in [2.24, 2.45) is 0 Å². The van der Waals surface area contributed by atoms with Crippen molar-refractivity contribution in [1.82, 2.24) is 0 Å². The lowest BCUT2D eigenvalue weighted by Gasteiger charge is -2.06. The number of carbonyl (C=O) groups excluding carboxylic acids is 1. The molecule has 0 aliphatic carbocycles. The maximum atomic E-state index is 11.5. The molecule has 0 bridgehead atoms. The zero-order valence-corrected chi connectivity index (χ0v) is 15.9. The Hall–Kier alpha value is -2.65. The molecule has 3 heteroatoms. The summed E-state index contributed by atoms with van der Waals surface area (Å²) >= 11 is 1.87. The first-order valence-corrected chi connectivity index (χ1v) is 9.65. The zero-order valence-electron chi connectivity index (χ0n) is 15.1. The number of hydrogen-bond acceptors (Lipinski definition) is 3. The van der Waals surface area contributed by atoms with Crippen LogP contribution in [-0.4, -0.2) is 5.97 Å². The lowest BCUT2D eigenvalue weighted by atomic mass is 10.0. The first kappa shape index (κ1) is 18.2. The minimum atomic E-state index is -0.358. The summed E-state index contributed by atoms with van der Waals surface area (Å²) in [6.45, 7) is 4.00. The Morgan fingerprint density at radius 3 is 2.15 bits per heavy atom. The van der Waals surface area contributed by atoms with E-state index in [0.717, 1.165) is 17.5 Å². The second kappa shape index (κ2) is 8.63. The fourth-order valence-electron chi connectivity index (χ4n) is 2.74. The van der Waals surface area contributed by atoms with Gasteiger partial charge >= 0.3 is 5.97 Å². The molecule has 2 aromatic carbocycles. The number of allylic oxidation sites excluding steroid dienone is 1. The fraction of sp³-hybridized carbons (Fsp3) is 0.174. The summed E-state index contributed by atoms with van der Waals surface area (Å²) in [6, 6.07) is 20.6. The molecule has 2 nitrogen and oxygen atoms in total. The number of thiophene rings is 1. The van der Waals surface area contributed by atoms with E-state index in [-0.39, 0.29) is 5.97 Å². The molecule has 0 unspecified atom stereocenters. The molecule has 3 rings (SSSR count). The molecule has 0 radical (unpaired) electrons. The average Bonchev–Trinajstić information content (AvgIpc) is 3.12. The van der Waals surface area contributed by atoms with Gasteiger partial charge in [-0.3, -0.25) is 0 Å². The minimum Gasteiger partial charge on any atom is -0.423 e. The Labute approximate surface area is 158 Å². The van der Waals surface area contributed by atoms with Crippen LogP contribution in [0.25, 0.3) is 21.6 Å². The van der Waals surface area contributed by atoms with Crippen molar-refractivity contribution in [3.63, 3.8) is 0 Å². The van der Waals surface area contributed by atoms with Gasteiger partial charge < -0.3 is 4.74 Å². The molecule has 0 spiro atoms. The first-order valence-electron chi connectivity index (χ1n) is 8.83. The maximum Gasteiger partial charge on any atom is 0.335 e. The molecule has 0 saturated carbocycles. The monoisotopic (exact) mass is 362 g/mol. The number of benzene rings is 2. The summed E-state index contributed by atoms with van der Waals surface area (Å²) in [5.74, 6) is 0.193. The molecule has 1 aromatic heterocycles. The van der Waals surface area contributed by atoms with Gasteiger partial charge in [-0.25, -0.2) is 4.79 Å². The normalized spacial score (nSPS) is 11.0. The molecule has 3 aromatic rings. The van der Waals surface area contributed by atoms with Gasteiger partial charge in [0.2, 0.25) is 0 Å². The molecule has 0 fully saturated rings. The van der Waals surface area contributed by atoms with Gasteiger partial charge in [0.15, 0.2) is 0 Å². The largest absolute Gasteiger partial charge is 0.423 e. The summed E-state index contributed by atoms with van der Waals surface area (Å²) in [5.41, 5.74) is 3.49. The fourth-order valence-corrected chi connectivity index (χ4v) is 3.86. The van der Waals surface area contributed by atoms with Crippen molar-refractivity contribution < 1.29 is 9.53 Å². The molecule has 1 heterocycles. The number of carbonyl (C=O) groups is 1. The van der Waals surface area contributed by atoms with E-state index in [0.29, 0.717) is 5.75 Å². The van der Waals surface area contributed by atoms with Crippen LogP contribution in [0.4, 0.5) is 0 Å². The summed E-state index contributed by atoms with van der Waals surface area (Å²) in [4.78, 5) is 14.2. The van der Waals surface area contributed by atoms with Gasteiger partial charge in [-0.05, 0) is 54.3 Å². The Morgan fingerprint density at radius 2 is 1.54 bits per heavy atom. The van der Waals surface area contributed by atoms with E-state index in [1.54, 1.807) is 13.0 Å². The summed E-state index contributed by atoms with van der Waals surface area (Å²) < 4.78 is 5.22. The van der Waals surface area contributed by atoms with Gasteiger partial charge in [-0.15, -0.1) is 11.3 Å². The highest BCUT2D eigenvalue weighted by Gasteiger charge is 2.05. The Kier molecular flexibility index (Phi) is 6.03. The molecule has 26 heavy (non-hydrogen) atoms. The van der Waals surface area contributed by atoms with Crippen molar-refractivity contribution in [2.45, 2.75) is 26.7 Å². The number of aryl methyl sites for hydroxylation is 1. The topological polar surface area (TPSA) is 26.3 Å². The molecule has 0 N–H and O–H groups in total. The minimum absolute atomic E-state index is 0.358. The van der Waals surface area contributed by atoms with Crippen LogP contribution in [0.1, 0.15) is 25.1 Å². The molecule has 0 saturated heterocycles. The number of rotatable bonds is 6. The summed E-state index contributed by atoms with van der Waals surface area (Å²) in [7, 11) is 0. The van der Waals surface area contributed by atoms with Gasteiger partial charge in [0.25, 0.3) is 0 Å². The number of ether oxygens (including phenoxy) is 1. The van der Waals surface area contributed by atoms with Crippen LogP contribution in [-0.2, 0) is 11.2 Å². The van der Waals surface area contributed by atoms with E-state index in [1.165, 1.54) is 27.8 Å². The highest BCUT2D eigenvalue weighted by molar-refractivity contribution is 7.15. The van der Waals surface area contributed by atoms with Gasteiger partial charge in [-0.1, -0.05) is 55.8 Å². The second-order valence-electron chi connectivity index (χ2n) is 6.04. The van der Waals surface area contributed by atoms with Crippen LogP contribution in [0.15, 0.2) is 72.8 Å². The standard InChI is InChI=1S/C23H22O2S/c1-3-5-21-15-16-22(26-21)19-9-7-17(8-10-19)18-11-13-20(14-12-18)25-23(24)6-4-2/h4,6-16H,3,5H2,1-2H3. The lowest BCUT2D eigenvalue weighted by molar-refractivity contribution is -0.129. The van der Waals surface area contributed by atoms with Crippen LogP contribution in [0.2, 0.25) is 0 Å². The van der Waals surface area contributed by atoms with Crippen LogP contribution >= 0.6 is 11.3 Å². The van der Waals surface area contributed by atoms with Crippen molar-refractivity contribution in [3.8, 4) is 27.3 Å². The van der Waals surface area contributed by atoms with Gasteiger partial charge in [0.1, 0.15) is 5.75 Å². The Balaban J connectivity index is 1.72. The Bertz CT molecular complexity index is 887. The van der Waals surface area contributed by atoms with E-state index >= 15 is 0 Å². The number of hydrogen-bond donors (Lipinski definition) is 0. The van der Waals surface area contributed by atoms with Crippen LogP contribution in [0, 0.1) is 0 Å². The predicted molar refractivity (Wildman–Crippen MR) is 110 cm³/mol. The molecule has 0 aliphatic heterocycles. The average molecular weight is 362 g/mol. The van der Waals surface area contributed by atoms with Gasteiger partial charge in [0, 0.05) is 15.8 Å². The van der Waals surface area contributed by atoms with E-state index in [9.17, 15) is 4.79 Å². The van der Waals surface area contributed by atoms with E-state index in [1.807, 2.05) is 35.6 Å². The van der Waals surface area contributed by atoms with Crippen molar-refractivity contribution in [3.05, 3.63) is 77.7 Å². The quantitative estimate of drug-likeness (QED) is 0.283. The van der Waals surface area contributed by atoms with Gasteiger partial charge in [0.05, 0.1) is 0 Å². The molecule has 0 amide bonds. The third kappa shape index (κ3) is 4.50. The van der Waals surface area contributed by atoms with E-state index < -0.39 is 0 Å². The molecule has 0 aliphatic rings. The molecular formula is C23H22O2S. The van der Waals surface area contributed by atoms with E-state index in [2.05, 4.69) is 43.3 Å². The summed E-state index contributed by atoms with van der Waals surface area (Å²) in [6.07, 6.45) is 5.40. The van der Waals surface area contributed by atoms with Gasteiger partial charge in [-0.2, -0.15) is 0 Å². The van der Waals surface area contributed by atoms with Crippen LogP contribution < -0.4 is 4.74 Å². The third-order valence-corrected chi connectivity index (χ3v) is 5.23. The Morgan fingerprint density at radius 1 is 0.923 bits per heavy atom. The van der Waals surface area contributed by atoms with Crippen molar-refractivity contribution in [2.75, 3.05) is 0 Å². The second-order valence-corrected chi connectivity index (χ2v) is 7.21. The van der Waals surface area contributed by atoms with Crippen LogP contribution in [0.5, 0.6) is 5.75 Å². The first-order chi connectivity index (χ1) is 12.7. The van der Waals surface area contributed by atoms with Crippen LogP contribution in [0.3, 0.4) is 0 Å². The van der Waals surface area contributed by atoms with E-state index in [4.69, 9.17) is 4.74 Å². The number of esters is 1. The lowest BCUT2D eigenvalue weighted by Crippen LogP contribution is -2.03.